The molecule has 1 aliphatic rings. The van der Waals surface area contributed by atoms with Crippen LogP contribution in [0.2, 0.25) is 0 Å². The highest BCUT2D eigenvalue weighted by atomic mass is 32.1. The molecule has 0 bridgehead atoms. The van der Waals surface area contributed by atoms with Crippen LogP contribution in [0.25, 0.3) is 21.2 Å². The predicted molar refractivity (Wildman–Crippen MR) is 123 cm³/mol. The van der Waals surface area contributed by atoms with E-state index >= 15 is 0 Å². The molecule has 2 aromatic heterocycles. The summed E-state index contributed by atoms with van der Waals surface area (Å²) in [5.41, 5.74) is 0.896. The lowest BCUT2D eigenvalue weighted by atomic mass is 10.1. The highest BCUT2D eigenvalue weighted by molar-refractivity contribution is 7.22. The monoisotopic (exact) mass is 448 g/mol. The maximum absolute atomic E-state index is 12.8. The Kier molecular flexibility index (Phi) is 5.20. The minimum atomic E-state index is -0.706. The largest absolute Gasteiger partial charge is 0.422 e. The Balaban J connectivity index is 1.37. The van der Waals surface area contributed by atoms with Gasteiger partial charge in [-0.15, -0.1) is 0 Å². The Bertz CT molecular complexity index is 1400. The number of likely N-dealkylation sites (N-methyl/N-ethyl adjacent to an activating group) is 1. The number of amides is 2. The first-order chi connectivity index (χ1) is 15.5. The van der Waals surface area contributed by atoms with Crippen molar-refractivity contribution in [3.05, 3.63) is 70.1 Å². The van der Waals surface area contributed by atoms with E-state index in [2.05, 4.69) is 15.2 Å². The van der Waals surface area contributed by atoms with E-state index in [1.807, 2.05) is 11.9 Å². The number of benzene rings is 2. The number of nitrogens with one attached hydrogen (secondary N) is 1. The average Bonchev–Trinajstić information content (AvgIpc) is 3.20. The van der Waals surface area contributed by atoms with Crippen LogP contribution in [-0.4, -0.2) is 59.8 Å². The summed E-state index contributed by atoms with van der Waals surface area (Å²) in [7, 11) is 2.04. The molecule has 4 aromatic rings. The molecular weight excluding hydrogens is 428 g/mol. The molecule has 9 heteroatoms. The molecule has 0 atom stereocenters. The van der Waals surface area contributed by atoms with Gasteiger partial charge >= 0.3 is 5.63 Å². The fourth-order valence-electron chi connectivity index (χ4n) is 3.69. The highest BCUT2D eigenvalue weighted by Crippen LogP contribution is 2.28. The predicted octanol–water partition coefficient (Wildman–Crippen LogP) is 3.04. The van der Waals surface area contributed by atoms with E-state index in [9.17, 15) is 14.4 Å². The molecule has 162 valence electrons. The van der Waals surface area contributed by atoms with E-state index in [1.165, 1.54) is 17.4 Å². The molecule has 2 aromatic carbocycles. The lowest BCUT2D eigenvalue weighted by Gasteiger charge is -2.32. The standard InChI is InChI=1S/C23H20N4O4S/c1-26-8-10-27(11-9-26)21(29)15-6-7-17-19(13-15)32-23(24-17)25-20(28)16-12-14-4-2-3-5-18(14)31-22(16)30/h2-7,12-13H,8-11H2,1H3,(H,24,25,28). The number of anilines is 1. The lowest BCUT2D eigenvalue weighted by molar-refractivity contribution is 0.0664. The summed E-state index contributed by atoms with van der Waals surface area (Å²) in [4.78, 5) is 46.2. The van der Waals surface area contributed by atoms with Gasteiger partial charge in [0.05, 0.1) is 10.2 Å². The number of hydrogen-bond acceptors (Lipinski definition) is 7. The van der Waals surface area contributed by atoms with E-state index < -0.39 is 11.5 Å². The minimum absolute atomic E-state index is 0.00671. The molecule has 3 heterocycles. The molecule has 0 radical (unpaired) electrons. The van der Waals surface area contributed by atoms with Crippen molar-refractivity contribution in [1.29, 1.82) is 0 Å². The molecule has 1 aliphatic heterocycles. The van der Waals surface area contributed by atoms with Crippen LogP contribution in [-0.2, 0) is 0 Å². The first-order valence-electron chi connectivity index (χ1n) is 10.2. The van der Waals surface area contributed by atoms with Crippen LogP contribution in [0.5, 0.6) is 0 Å². The molecular formula is C23H20N4O4S. The smallest absolute Gasteiger partial charge is 0.349 e. The summed E-state index contributed by atoms with van der Waals surface area (Å²) in [6.07, 6.45) is 0. The zero-order chi connectivity index (χ0) is 22.2. The number of aromatic nitrogens is 1. The van der Waals surface area contributed by atoms with Crippen molar-refractivity contribution < 1.29 is 14.0 Å². The van der Waals surface area contributed by atoms with Crippen LogP contribution < -0.4 is 10.9 Å². The van der Waals surface area contributed by atoms with Gasteiger partial charge in [0.15, 0.2) is 5.13 Å². The van der Waals surface area contributed by atoms with E-state index in [-0.39, 0.29) is 11.5 Å². The van der Waals surface area contributed by atoms with Crippen molar-refractivity contribution in [1.82, 2.24) is 14.8 Å². The number of piperazine rings is 1. The second kappa shape index (κ2) is 8.18. The number of carbonyl (C=O) groups excluding carboxylic acids is 2. The SMILES string of the molecule is CN1CCN(C(=O)c2ccc3nc(NC(=O)c4cc5ccccc5oc4=O)sc3c2)CC1. The van der Waals surface area contributed by atoms with Gasteiger partial charge in [-0.2, -0.15) is 0 Å². The molecule has 0 spiro atoms. The molecule has 32 heavy (non-hydrogen) atoms. The van der Waals surface area contributed by atoms with Crippen LogP contribution in [0.3, 0.4) is 0 Å². The highest BCUT2D eigenvalue weighted by Gasteiger charge is 2.21. The summed E-state index contributed by atoms with van der Waals surface area (Å²) < 4.78 is 6.02. The van der Waals surface area contributed by atoms with E-state index in [4.69, 9.17) is 4.42 Å². The minimum Gasteiger partial charge on any atom is -0.422 e. The number of hydrogen-bond donors (Lipinski definition) is 1. The van der Waals surface area contributed by atoms with E-state index in [0.717, 1.165) is 17.8 Å². The Morgan fingerprint density at radius 2 is 1.84 bits per heavy atom. The van der Waals surface area contributed by atoms with Gasteiger partial charge in [0.2, 0.25) is 0 Å². The maximum atomic E-state index is 12.8. The van der Waals surface area contributed by atoms with Gasteiger partial charge in [-0.25, -0.2) is 9.78 Å². The summed E-state index contributed by atoms with van der Waals surface area (Å²) in [5.74, 6) is -0.593. The third-order valence-corrected chi connectivity index (χ3v) is 6.47. The van der Waals surface area contributed by atoms with Gasteiger partial charge in [-0.05, 0) is 37.4 Å². The topological polar surface area (TPSA) is 95.8 Å². The molecule has 0 unspecified atom stereocenters. The number of fused-ring (bicyclic) bond motifs is 2. The second-order valence-corrected chi connectivity index (χ2v) is 8.77. The Morgan fingerprint density at radius 3 is 2.66 bits per heavy atom. The quantitative estimate of drug-likeness (QED) is 0.484. The van der Waals surface area contributed by atoms with Crippen molar-refractivity contribution >= 4 is 49.5 Å². The van der Waals surface area contributed by atoms with E-state index in [1.54, 1.807) is 42.5 Å². The molecule has 0 saturated carbocycles. The summed E-state index contributed by atoms with van der Waals surface area (Å²) in [6, 6.07) is 13.8. The first kappa shape index (κ1) is 20.3. The molecule has 1 N–H and O–H groups in total. The van der Waals surface area contributed by atoms with Gasteiger partial charge in [-0.1, -0.05) is 29.5 Å². The first-order valence-corrected chi connectivity index (χ1v) is 11.0. The zero-order valence-electron chi connectivity index (χ0n) is 17.3. The average molecular weight is 449 g/mol. The van der Waals surface area contributed by atoms with Gasteiger partial charge in [-0.3, -0.25) is 14.9 Å². The van der Waals surface area contributed by atoms with Crippen LogP contribution in [0.1, 0.15) is 20.7 Å². The molecule has 8 nitrogen and oxygen atoms in total. The van der Waals surface area contributed by atoms with Crippen LogP contribution in [0.15, 0.2) is 57.7 Å². The number of nitrogens with zero attached hydrogens (tertiary/aromatic N) is 3. The second-order valence-electron chi connectivity index (χ2n) is 7.74. The Hall–Kier alpha value is -3.56. The molecule has 1 fully saturated rings. The number of para-hydroxylation sites is 1. The van der Waals surface area contributed by atoms with Crippen LogP contribution in [0.4, 0.5) is 5.13 Å². The third kappa shape index (κ3) is 3.88. The van der Waals surface area contributed by atoms with E-state index in [0.29, 0.717) is 40.3 Å². The maximum Gasteiger partial charge on any atom is 0.349 e. The molecule has 1 saturated heterocycles. The number of rotatable bonds is 3. The lowest BCUT2D eigenvalue weighted by Crippen LogP contribution is -2.47. The summed E-state index contributed by atoms with van der Waals surface area (Å²) in [5, 5.41) is 3.69. The van der Waals surface area contributed by atoms with Crippen LogP contribution in [0, 0.1) is 0 Å². The van der Waals surface area contributed by atoms with Crippen LogP contribution >= 0.6 is 11.3 Å². The Morgan fingerprint density at radius 1 is 1.06 bits per heavy atom. The fraction of sp³-hybridized carbons (Fsp3) is 0.217. The third-order valence-electron chi connectivity index (χ3n) is 5.53. The van der Waals surface area contributed by atoms with Gasteiger partial charge in [0.1, 0.15) is 11.1 Å². The van der Waals surface area contributed by atoms with Crippen molar-refractivity contribution in [3.63, 3.8) is 0 Å². The van der Waals surface area contributed by atoms with Crippen molar-refractivity contribution in [3.8, 4) is 0 Å². The fourth-order valence-corrected chi connectivity index (χ4v) is 4.59. The normalized spacial score (nSPS) is 14.7. The molecule has 0 aliphatic carbocycles. The zero-order valence-corrected chi connectivity index (χ0v) is 18.1. The van der Waals surface area contributed by atoms with Crippen molar-refractivity contribution in [2.45, 2.75) is 0 Å². The number of thiazole rings is 1. The number of carbonyl (C=O) groups is 2. The molecule has 2 amide bonds. The summed E-state index contributed by atoms with van der Waals surface area (Å²) in [6.45, 7) is 3.11. The van der Waals surface area contributed by atoms with Gasteiger partial charge < -0.3 is 14.2 Å². The molecule has 5 rings (SSSR count). The Labute approximate surface area is 187 Å². The van der Waals surface area contributed by atoms with Crippen molar-refractivity contribution in [2.24, 2.45) is 0 Å². The summed E-state index contributed by atoms with van der Waals surface area (Å²) >= 11 is 1.25. The van der Waals surface area contributed by atoms with Gasteiger partial charge in [0, 0.05) is 37.1 Å². The van der Waals surface area contributed by atoms with Crippen molar-refractivity contribution in [2.75, 3.05) is 38.5 Å². The van der Waals surface area contributed by atoms with Gasteiger partial charge in [0.25, 0.3) is 11.8 Å².